The molecule has 0 bridgehead atoms. The van der Waals surface area contributed by atoms with E-state index < -0.39 is 21.9 Å². The maximum Gasteiger partial charge on any atom is 0.319 e. The number of nitrogens with one attached hydrogen (secondary N) is 2. The van der Waals surface area contributed by atoms with Crippen molar-refractivity contribution in [1.29, 1.82) is 0 Å². The largest absolute Gasteiger partial charge is 0.493 e. The van der Waals surface area contributed by atoms with Crippen LogP contribution in [0.25, 0.3) is 11.1 Å². The van der Waals surface area contributed by atoms with Crippen molar-refractivity contribution >= 4 is 45.0 Å². The zero-order valence-corrected chi connectivity index (χ0v) is 27.4. The molecule has 1 fully saturated rings. The van der Waals surface area contributed by atoms with Crippen LogP contribution < -0.4 is 20.3 Å². The van der Waals surface area contributed by atoms with E-state index in [0.717, 1.165) is 46.7 Å². The fourth-order valence-electron chi connectivity index (χ4n) is 6.08. The number of hydrogen-bond donors (Lipinski definition) is 3. The molecule has 1 aliphatic heterocycles. The summed E-state index contributed by atoms with van der Waals surface area (Å²) in [6.07, 6.45) is 5.88. The molecule has 11 nitrogen and oxygen atoms in total. The first kappa shape index (κ1) is 32.5. The Morgan fingerprint density at radius 3 is 2.77 bits per heavy atom. The van der Waals surface area contributed by atoms with Gasteiger partial charge in [0.15, 0.2) is 0 Å². The molecule has 246 valence electrons. The van der Waals surface area contributed by atoms with Crippen LogP contribution in [0.5, 0.6) is 5.75 Å². The summed E-state index contributed by atoms with van der Waals surface area (Å²) in [4.78, 5) is 27.5. The minimum absolute atomic E-state index is 0.0939. The average molecular weight is 678 g/mol. The van der Waals surface area contributed by atoms with E-state index in [-0.39, 0.29) is 12.5 Å². The third-order valence-corrected chi connectivity index (χ3v) is 9.64. The Morgan fingerprint density at radius 1 is 1.13 bits per heavy atom. The lowest BCUT2D eigenvalue weighted by molar-refractivity contribution is -0.119. The van der Waals surface area contributed by atoms with Gasteiger partial charge in [0.05, 0.1) is 25.1 Å². The maximum absolute atomic E-state index is 13.5. The van der Waals surface area contributed by atoms with Gasteiger partial charge in [-0.3, -0.25) is 14.0 Å². The topological polar surface area (TPSA) is 143 Å². The molecular weight excluding hydrogens is 642 g/mol. The molecule has 13 heteroatoms. The molecule has 6 rings (SSSR count). The van der Waals surface area contributed by atoms with E-state index in [1.54, 1.807) is 6.07 Å². The summed E-state index contributed by atoms with van der Waals surface area (Å²) >= 11 is 6.20. The fraction of sp³-hybridized carbons (Fsp3) is 0.324. The quantitative estimate of drug-likeness (QED) is 0.126. The molecule has 2 unspecified atom stereocenters. The number of amides is 3. The zero-order valence-electron chi connectivity index (χ0n) is 25.9. The number of aromatic nitrogens is 2. The van der Waals surface area contributed by atoms with Gasteiger partial charge >= 0.3 is 6.03 Å². The second kappa shape index (κ2) is 13.8. The van der Waals surface area contributed by atoms with Crippen LogP contribution in [0.3, 0.4) is 0 Å². The SMILES string of the molecule is Cc1c(Cl)cccc1OCCCC(=O)N1CC2CC2c2c(-c3cnn(Cc4cccc(NC(=O)NCCS(=O)(=O)O)c4)c3)cccc21. The van der Waals surface area contributed by atoms with Crippen molar-refractivity contribution in [1.82, 2.24) is 15.1 Å². The molecule has 4 aromatic rings. The van der Waals surface area contributed by atoms with Crippen molar-refractivity contribution in [2.45, 2.75) is 38.6 Å². The lowest BCUT2D eigenvalue weighted by Crippen LogP contribution is -2.36. The van der Waals surface area contributed by atoms with Gasteiger partial charge in [0.1, 0.15) is 5.75 Å². The van der Waals surface area contributed by atoms with Gasteiger partial charge in [-0.1, -0.05) is 41.9 Å². The van der Waals surface area contributed by atoms with Crippen molar-refractivity contribution in [2.24, 2.45) is 5.92 Å². The lowest BCUT2D eigenvalue weighted by atomic mass is 9.92. The van der Waals surface area contributed by atoms with E-state index in [4.69, 9.17) is 20.9 Å². The molecule has 2 atom stereocenters. The van der Waals surface area contributed by atoms with E-state index in [1.165, 1.54) is 5.56 Å². The van der Waals surface area contributed by atoms with Crippen molar-refractivity contribution in [3.63, 3.8) is 0 Å². The fourth-order valence-corrected chi connectivity index (χ4v) is 6.60. The van der Waals surface area contributed by atoms with E-state index in [1.807, 2.05) is 77.4 Å². The van der Waals surface area contributed by atoms with E-state index in [0.29, 0.717) is 48.5 Å². The molecule has 2 aliphatic rings. The highest BCUT2D eigenvalue weighted by molar-refractivity contribution is 7.85. The number of urea groups is 1. The van der Waals surface area contributed by atoms with Gasteiger partial charge in [-0.15, -0.1) is 0 Å². The summed E-state index contributed by atoms with van der Waals surface area (Å²) in [5.41, 5.74) is 6.55. The van der Waals surface area contributed by atoms with Crippen LogP contribution in [-0.4, -0.2) is 60.1 Å². The number of rotatable bonds is 12. The molecule has 3 amide bonds. The van der Waals surface area contributed by atoms with Crippen LogP contribution in [0.4, 0.5) is 16.2 Å². The Labute approximate surface area is 278 Å². The first-order valence-corrected chi connectivity index (χ1v) is 17.5. The monoisotopic (exact) mass is 677 g/mol. The van der Waals surface area contributed by atoms with Crippen molar-refractivity contribution < 1.29 is 27.3 Å². The van der Waals surface area contributed by atoms with Gasteiger partial charge in [-0.05, 0) is 78.6 Å². The van der Waals surface area contributed by atoms with E-state index in [9.17, 15) is 18.0 Å². The predicted octanol–water partition coefficient (Wildman–Crippen LogP) is 5.88. The van der Waals surface area contributed by atoms with Gasteiger partial charge in [-0.25, -0.2) is 4.79 Å². The summed E-state index contributed by atoms with van der Waals surface area (Å²) < 4.78 is 38.3. The normalized spacial score (nSPS) is 16.6. The molecular formula is C34H36ClN5O6S. The minimum atomic E-state index is -4.16. The van der Waals surface area contributed by atoms with Gasteiger partial charge in [0.25, 0.3) is 10.1 Å². The number of ether oxygens (including phenoxy) is 1. The van der Waals surface area contributed by atoms with Crippen LogP contribution in [0.2, 0.25) is 5.02 Å². The van der Waals surface area contributed by atoms with Crippen LogP contribution in [0, 0.1) is 12.8 Å². The molecule has 47 heavy (non-hydrogen) atoms. The van der Waals surface area contributed by atoms with E-state index in [2.05, 4.69) is 21.8 Å². The molecule has 2 heterocycles. The number of benzene rings is 3. The Bertz CT molecular complexity index is 1910. The first-order chi connectivity index (χ1) is 22.6. The van der Waals surface area contributed by atoms with Gasteiger partial charge in [0.2, 0.25) is 5.91 Å². The second-order valence-electron chi connectivity index (χ2n) is 12.0. The van der Waals surface area contributed by atoms with Crippen LogP contribution in [0.1, 0.15) is 41.9 Å². The molecule has 1 aromatic heterocycles. The molecule has 0 saturated heterocycles. The van der Waals surface area contributed by atoms with Crippen molar-refractivity contribution in [3.05, 3.63) is 94.8 Å². The number of halogens is 1. The summed E-state index contributed by atoms with van der Waals surface area (Å²) in [7, 11) is -4.16. The van der Waals surface area contributed by atoms with E-state index >= 15 is 0 Å². The Kier molecular flexibility index (Phi) is 9.53. The van der Waals surface area contributed by atoms with Crippen LogP contribution >= 0.6 is 11.6 Å². The summed E-state index contributed by atoms with van der Waals surface area (Å²) in [5, 5.41) is 10.3. The highest BCUT2D eigenvalue weighted by Gasteiger charge is 2.47. The molecule has 1 saturated carbocycles. The summed E-state index contributed by atoms with van der Waals surface area (Å²) in [6.45, 7) is 3.33. The number of nitrogens with zero attached hydrogens (tertiary/aromatic N) is 3. The van der Waals surface area contributed by atoms with Crippen LogP contribution in [-0.2, 0) is 21.5 Å². The average Bonchev–Trinajstić information content (AvgIpc) is 3.68. The number of carbonyl (C=O) groups excluding carboxylic acids is 2. The highest BCUT2D eigenvalue weighted by Crippen LogP contribution is 2.57. The van der Waals surface area contributed by atoms with Gasteiger partial charge < -0.3 is 20.3 Å². The minimum Gasteiger partial charge on any atom is -0.493 e. The second-order valence-corrected chi connectivity index (χ2v) is 13.9. The van der Waals surface area contributed by atoms with Crippen LogP contribution in [0.15, 0.2) is 73.1 Å². The third kappa shape index (κ3) is 7.95. The summed E-state index contributed by atoms with van der Waals surface area (Å²) in [6, 6.07) is 18.4. The number of fused-ring (bicyclic) bond motifs is 3. The molecule has 3 N–H and O–H groups in total. The smallest absolute Gasteiger partial charge is 0.319 e. The van der Waals surface area contributed by atoms with Gasteiger partial charge in [0, 0.05) is 53.2 Å². The maximum atomic E-state index is 13.5. The number of hydrogen-bond acceptors (Lipinski definition) is 6. The number of anilines is 2. The molecule has 0 spiro atoms. The lowest BCUT2D eigenvalue weighted by Gasteiger charge is -2.30. The number of carbonyl (C=O) groups is 2. The van der Waals surface area contributed by atoms with Crippen molar-refractivity contribution in [3.8, 4) is 16.9 Å². The Hall–Kier alpha value is -4.39. The standard InChI is InChI=1S/C34H36ClN5O6S/c1-22-29(35)9-4-11-31(22)46-14-5-12-32(41)40-21-24-17-28(24)33-27(8-3-10-30(33)40)25-18-37-39(20-25)19-23-6-2-7-26(16-23)38-34(42)36-13-15-47(43,44)45/h2-4,6-11,16,18,20,24,28H,5,12-15,17,19,21H2,1H3,(H2,36,38,42)(H,43,44,45). The Morgan fingerprint density at radius 2 is 1.94 bits per heavy atom. The Balaban J connectivity index is 1.09. The zero-order chi connectivity index (χ0) is 33.1. The first-order valence-electron chi connectivity index (χ1n) is 15.5. The predicted molar refractivity (Wildman–Crippen MR) is 181 cm³/mol. The van der Waals surface area contributed by atoms with Gasteiger partial charge in [-0.2, -0.15) is 13.5 Å². The molecule has 0 radical (unpaired) electrons. The molecule has 1 aliphatic carbocycles. The van der Waals surface area contributed by atoms with Crippen molar-refractivity contribution in [2.75, 3.05) is 35.7 Å². The molecule has 3 aromatic carbocycles. The highest BCUT2D eigenvalue weighted by atomic mass is 35.5. The third-order valence-electron chi connectivity index (χ3n) is 8.52. The summed E-state index contributed by atoms with van der Waals surface area (Å²) in [5.74, 6) is 1.14.